The highest BCUT2D eigenvalue weighted by Crippen LogP contribution is 2.30. The van der Waals surface area contributed by atoms with Crippen molar-refractivity contribution in [3.63, 3.8) is 0 Å². The molecule has 96 valence electrons. The zero-order chi connectivity index (χ0) is 13.1. The normalized spacial score (nSPS) is 12.2. The second-order valence-electron chi connectivity index (χ2n) is 3.84. The highest BCUT2D eigenvalue weighted by Gasteiger charge is 2.12. The van der Waals surface area contributed by atoms with Gasteiger partial charge in [-0.3, -0.25) is 0 Å². The summed E-state index contributed by atoms with van der Waals surface area (Å²) in [6, 6.07) is 4.41. The Balaban J connectivity index is 2.19. The number of nitrogens with one attached hydrogen (secondary N) is 2. The summed E-state index contributed by atoms with van der Waals surface area (Å²) in [6.07, 6.45) is 1.47. The third-order valence-corrected chi connectivity index (χ3v) is 4.40. The van der Waals surface area contributed by atoms with Crippen LogP contribution in [-0.2, 0) is 0 Å². The predicted molar refractivity (Wildman–Crippen MR) is 78.6 cm³/mol. The monoisotopic (exact) mass is 327 g/mol. The van der Waals surface area contributed by atoms with E-state index in [1.165, 1.54) is 16.1 Å². The number of anilines is 2. The van der Waals surface area contributed by atoms with Gasteiger partial charge in [0.2, 0.25) is 0 Å². The zero-order valence-corrected chi connectivity index (χ0v) is 12.5. The van der Waals surface area contributed by atoms with Crippen LogP contribution in [-0.4, -0.2) is 9.97 Å². The Hall–Kier alpha value is -1.18. The largest absolute Gasteiger partial charge is 0.362 e. The van der Waals surface area contributed by atoms with Gasteiger partial charge in [0, 0.05) is 9.75 Å². The number of nitrogens with two attached hydrogens (primary N) is 1. The van der Waals surface area contributed by atoms with Crippen LogP contribution in [0.3, 0.4) is 0 Å². The maximum absolute atomic E-state index is 5.37. The van der Waals surface area contributed by atoms with Crippen molar-refractivity contribution in [1.29, 1.82) is 0 Å². The van der Waals surface area contributed by atoms with Gasteiger partial charge in [-0.1, -0.05) is 0 Å². The minimum atomic E-state index is 0.181. The summed E-state index contributed by atoms with van der Waals surface area (Å²) in [5, 5.41) is 3.33. The number of rotatable bonds is 4. The van der Waals surface area contributed by atoms with E-state index in [0.717, 1.165) is 10.3 Å². The molecule has 0 bridgehead atoms. The first-order valence-electron chi connectivity index (χ1n) is 5.41. The molecule has 0 aliphatic carbocycles. The summed E-state index contributed by atoms with van der Waals surface area (Å²) in [4.78, 5) is 10.8. The van der Waals surface area contributed by atoms with E-state index in [9.17, 15) is 0 Å². The minimum Gasteiger partial charge on any atom is -0.362 e. The van der Waals surface area contributed by atoms with Gasteiger partial charge < -0.3 is 10.7 Å². The molecule has 0 fully saturated rings. The van der Waals surface area contributed by atoms with Crippen LogP contribution >= 0.6 is 27.3 Å². The van der Waals surface area contributed by atoms with Crippen LogP contribution in [0.4, 0.5) is 11.6 Å². The molecule has 18 heavy (non-hydrogen) atoms. The highest BCUT2D eigenvalue weighted by atomic mass is 79.9. The van der Waals surface area contributed by atoms with Gasteiger partial charge >= 0.3 is 0 Å². The number of nitrogen functional groups attached to an aromatic ring is 1. The molecule has 0 saturated carbocycles. The molecule has 4 N–H and O–H groups in total. The van der Waals surface area contributed by atoms with Gasteiger partial charge in [0.1, 0.15) is 16.6 Å². The minimum absolute atomic E-state index is 0.181. The topological polar surface area (TPSA) is 75.9 Å². The first-order chi connectivity index (χ1) is 8.61. The molecule has 1 unspecified atom stereocenters. The van der Waals surface area contributed by atoms with Crippen LogP contribution in [0.25, 0.3) is 0 Å². The first-order valence-corrected chi connectivity index (χ1v) is 7.02. The number of hydrogen-bond donors (Lipinski definition) is 3. The molecule has 2 heterocycles. The first kappa shape index (κ1) is 13.3. The lowest BCUT2D eigenvalue weighted by molar-refractivity contribution is 0.890. The number of nitrogens with zero attached hydrogens (tertiary/aromatic N) is 2. The summed E-state index contributed by atoms with van der Waals surface area (Å²) in [5.74, 6) is 6.65. The van der Waals surface area contributed by atoms with Gasteiger partial charge in [-0.15, -0.1) is 11.3 Å². The molecular formula is C11H14BrN5S. The average molecular weight is 328 g/mol. The van der Waals surface area contributed by atoms with E-state index in [4.69, 9.17) is 5.84 Å². The molecule has 0 aliphatic heterocycles. The van der Waals surface area contributed by atoms with Crippen molar-refractivity contribution < 1.29 is 0 Å². The fraction of sp³-hybridized carbons (Fsp3) is 0.273. The lowest BCUT2D eigenvalue weighted by atomic mass is 10.2. The van der Waals surface area contributed by atoms with Crippen molar-refractivity contribution in [2.75, 3.05) is 10.7 Å². The molecule has 7 heteroatoms. The van der Waals surface area contributed by atoms with Gasteiger partial charge in [0.25, 0.3) is 0 Å². The van der Waals surface area contributed by atoms with Gasteiger partial charge in [-0.2, -0.15) is 0 Å². The van der Waals surface area contributed by atoms with Crippen molar-refractivity contribution in [3.05, 3.63) is 32.7 Å². The van der Waals surface area contributed by atoms with E-state index in [1.54, 1.807) is 11.3 Å². The van der Waals surface area contributed by atoms with Crippen LogP contribution in [0.15, 0.2) is 22.9 Å². The van der Waals surface area contributed by atoms with E-state index in [-0.39, 0.29) is 6.04 Å². The lowest BCUT2D eigenvalue weighted by Crippen LogP contribution is -2.12. The predicted octanol–water partition coefficient (Wildman–Crippen LogP) is 3.07. The summed E-state index contributed by atoms with van der Waals surface area (Å²) < 4.78 is 0.729. The third kappa shape index (κ3) is 2.80. The third-order valence-electron chi connectivity index (χ3n) is 2.47. The summed E-state index contributed by atoms with van der Waals surface area (Å²) in [6.45, 7) is 4.19. The maximum atomic E-state index is 5.37. The van der Waals surface area contributed by atoms with Crippen LogP contribution in [0.1, 0.15) is 22.7 Å². The molecular weight excluding hydrogens is 314 g/mol. The Morgan fingerprint density at radius 2 is 2.06 bits per heavy atom. The summed E-state index contributed by atoms with van der Waals surface area (Å²) in [7, 11) is 0. The van der Waals surface area contributed by atoms with Crippen LogP contribution in [0, 0.1) is 6.92 Å². The standard InChI is InChI=1S/C11H14BrN5S/c1-6-3-4-8(18-6)7(2)16-10-9(12)11(17-13)15-5-14-10/h3-5,7H,13H2,1-2H3,(H2,14,15,16,17). The molecule has 5 nitrogen and oxygen atoms in total. The summed E-state index contributed by atoms with van der Waals surface area (Å²) in [5.41, 5.74) is 2.52. The van der Waals surface area contributed by atoms with Crippen molar-refractivity contribution in [1.82, 2.24) is 9.97 Å². The van der Waals surface area contributed by atoms with Gasteiger partial charge in [-0.25, -0.2) is 15.8 Å². The van der Waals surface area contributed by atoms with Crippen LogP contribution < -0.4 is 16.6 Å². The smallest absolute Gasteiger partial charge is 0.159 e. The Morgan fingerprint density at radius 3 is 2.67 bits per heavy atom. The molecule has 0 saturated heterocycles. The second-order valence-corrected chi connectivity index (χ2v) is 5.96. The molecule has 0 aliphatic rings. The number of aryl methyl sites for hydroxylation is 1. The van der Waals surface area contributed by atoms with Crippen molar-refractivity contribution in [2.24, 2.45) is 5.84 Å². The SMILES string of the molecule is Cc1ccc(C(C)Nc2ncnc(NN)c2Br)s1. The van der Waals surface area contributed by atoms with E-state index in [1.807, 2.05) is 0 Å². The Kier molecular flexibility index (Phi) is 4.15. The van der Waals surface area contributed by atoms with E-state index in [0.29, 0.717) is 5.82 Å². The second kappa shape index (κ2) is 5.64. The lowest BCUT2D eigenvalue weighted by Gasteiger charge is -2.15. The molecule has 2 aromatic rings. The van der Waals surface area contributed by atoms with Crippen molar-refractivity contribution in [3.8, 4) is 0 Å². The molecule has 0 aromatic carbocycles. The van der Waals surface area contributed by atoms with Crippen molar-refractivity contribution in [2.45, 2.75) is 19.9 Å². The van der Waals surface area contributed by atoms with Crippen molar-refractivity contribution >= 4 is 38.9 Å². The van der Waals surface area contributed by atoms with E-state index in [2.05, 4.69) is 62.6 Å². The van der Waals surface area contributed by atoms with Crippen LogP contribution in [0.5, 0.6) is 0 Å². The number of aromatic nitrogens is 2. The highest BCUT2D eigenvalue weighted by molar-refractivity contribution is 9.10. The quantitative estimate of drug-likeness (QED) is 0.594. The number of thiophene rings is 1. The molecule has 2 aromatic heterocycles. The van der Waals surface area contributed by atoms with E-state index >= 15 is 0 Å². The fourth-order valence-electron chi connectivity index (χ4n) is 1.53. The number of hydrazine groups is 1. The molecule has 2 rings (SSSR count). The molecule has 0 spiro atoms. The molecule has 1 atom stereocenters. The number of halogens is 1. The van der Waals surface area contributed by atoms with E-state index < -0.39 is 0 Å². The molecule has 0 amide bonds. The Bertz CT molecular complexity index is 542. The van der Waals surface area contributed by atoms with Gasteiger partial charge in [-0.05, 0) is 41.9 Å². The van der Waals surface area contributed by atoms with Gasteiger partial charge in [0.05, 0.1) is 6.04 Å². The summed E-state index contributed by atoms with van der Waals surface area (Å²) >= 11 is 5.19. The molecule has 0 radical (unpaired) electrons. The van der Waals surface area contributed by atoms with Gasteiger partial charge in [0.15, 0.2) is 5.82 Å². The Morgan fingerprint density at radius 1 is 1.33 bits per heavy atom. The Labute approximate surface area is 118 Å². The maximum Gasteiger partial charge on any atom is 0.159 e. The fourth-order valence-corrected chi connectivity index (χ4v) is 2.85. The average Bonchev–Trinajstić information content (AvgIpc) is 2.78. The zero-order valence-electron chi connectivity index (χ0n) is 10.1. The van der Waals surface area contributed by atoms with Crippen LogP contribution in [0.2, 0.25) is 0 Å². The number of hydrogen-bond acceptors (Lipinski definition) is 6.